The Labute approximate surface area is 308 Å². The minimum Gasteiger partial charge on any atom is -0.309 e. The SMILES string of the molecule is c1ccc(-n2c3ccc(-c4ccc5c(c4)c4ccccc4n5-c4c5ccccc5nc5c4sc4ccccc45)cc3c3c4ccccc4ccc32)cc1. The fourth-order valence-electron chi connectivity index (χ4n) is 8.76. The molecule has 3 nitrogen and oxygen atoms in total. The number of pyridine rings is 1. The Bertz CT molecular complexity index is 3460. The molecule has 0 bridgehead atoms. The van der Waals surface area contributed by atoms with E-state index in [9.17, 15) is 0 Å². The second kappa shape index (κ2) is 10.9. The smallest absolute Gasteiger partial charge is 0.0917 e. The van der Waals surface area contributed by atoms with Gasteiger partial charge in [0.05, 0.1) is 43.5 Å². The molecule has 0 aliphatic carbocycles. The number of nitrogens with zero attached hydrogens (tertiary/aromatic N) is 3. The summed E-state index contributed by atoms with van der Waals surface area (Å²) in [4.78, 5) is 5.23. The average molecular weight is 692 g/mol. The number of para-hydroxylation sites is 3. The Hall–Kier alpha value is -6.75. The third kappa shape index (κ3) is 4.07. The number of hydrogen-bond donors (Lipinski definition) is 0. The first-order chi connectivity index (χ1) is 26.3. The second-order valence-electron chi connectivity index (χ2n) is 13.9. The van der Waals surface area contributed by atoms with E-state index < -0.39 is 0 Å². The minimum absolute atomic E-state index is 1.01. The van der Waals surface area contributed by atoms with Gasteiger partial charge in [-0.15, -0.1) is 11.3 Å². The average Bonchev–Trinajstić information content (AvgIpc) is 3.87. The lowest BCUT2D eigenvalue weighted by molar-refractivity contribution is 1.18. The maximum atomic E-state index is 5.23. The number of rotatable bonds is 3. The van der Waals surface area contributed by atoms with Crippen LogP contribution < -0.4 is 0 Å². The van der Waals surface area contributed by atoms with Gasteiger partial charge in [0.2, 0.25) is 0 Å². The van der Waals surface area contributed by atoms with Crippen LogP contribution in [0.5, 0.6) is 0 Å². The lowest BCUT2D eigenvalue weighted by Crippen LogP contribution is -1.97. The fourth-order valence-corrected chi connectivity index (χ4v) is 9.95. The Morgan fingerprint density at radius 3 is 1.89 bits per heavy atom. The molecule has 0 aliphatic rings. The van der Waals surface area contributed by atoms with Gasteiger partial charge < -0.3 is 9.13 Å². The molecular weight excluding hydrogens is 663 g/mol. The highest BCUT2D eigenvalue weighted by molar-refractivity contribution is 7.26. The quantitative estimate of drug-likeness (QED) is 0.181. The van der Waals surface area contributed by atoms with Gasteiger partial charge in [0.1, 0.15) is 0 Å². The van der Waals surface area contributed by atoms with Gasteiger partial charge in [0.25, 0.3) is 0 Å². The van der Waals surface area contributed by atoms with Crippen molar-refractivity contribution in [2.45, 2.75) is 0 Å². The van der Waals surface area contributed by atoms with Crippen molar-refractivity contribution in [3.05, 3.63) is 176 Å². The van der Waals surface area contributed by atoms with Gasteiger partial charge in [0.15, 0.2) is 0 Å². The van der Waals surface area contributed by atoms with Crippen LogP contribution in [0.25, 0.3) is 108 Å². The zero-order valence-electron chi connectivity index (χ0n) is 28.5. The molecule has 53 heavy (non-hydrogen) atoms. The highest BCUT2D eigenvalue weighted by Crippen LogP contribution is 2.44. The summed E-state index contributed by atoms with van der Waals surface area (Å²) in [5, 5.41) is 9.93. The molecule has 0 unspecified atom stereocenters. The molecule has 4 heterocycles. The van der Waals surface area contributed by atoms with Crippen molar-refractivity contribution in [1.82, 2.24) is 14.1 Å². The van der Waals surface area contributed by atoms with E-state index in [0.717, 1.165) is 16.4 Å². The van der Waals surface area contributed by atoms with Gasteiger partial charge in [-0.3, -0.25) is 0 Å². The van der Waals surface area contributed by atoms with Gasteiger partial charge in [-0.05, 0) is 82.6 Å². The van der Waals surface area contributed by atoms with Crippen LogP contribution in [0, 0.1) is 0 Å². The van der Waals surface area contributed by atoms with Crippen molar-refractivity contribution in [2.75, 3.05) is 0 Å². The predicted molar refractivity (Wildman–Crippen MR) is 226 cm³/mol. The molecule has 4 heteroatoms. The van der Waals surface area contributed by atoms with Crippen molar-refractivity contribution in [1.29, 1.82) is 0 Å². The Morgan fingerprint density at radius 1 is 0.415 bits per heavy atom. The molecule has 0 atom stereocenters. The maximum absolute atomic E-state index is 5.23. The van der Waals surface area contributed by atoms with Crippen molar-refractivity contribution >= 4 is 96.9 Å². The number of benzene rings is 8. The molecule has 0 N–H and O–H groups in total. The van der Waals surface area contributed by atoms with Crippen LogP contribution in [0.2, 0.25) is 0 Å². The van der Waals surface area contributed by atoms with Crippen molar-refractivity contribution in [3.8, 4) is 22.5 Å². The molecule has 0 radical (unpaired) electrons. The number of aromatic nitrogens is 3. The van der Waals surface area contributed by atoms with Gasteiger partial charge >= 0.3 is 0 Å². The molecule has 0 spiro atoms. The van der Waals surface area contributed by atoms with E-state index in [2.05, 4.69) is 185 Å². The molecule has 0 aliphatic heterocycles. The molecule has 12 aromatic rings. The number of thiophene rings is 1. The van der Waals surface area contributed by atoms with Crippen LogP contribution in [0.15, 0.2) is 176 Å². The highest BCUT2D eigenvalue weighted by atomic mass is 32.1. The molecule has 246 valence electrons. The van der Waals surface area contributed by atoms with Crippen LogP contribution in [0.1, 0.15) is 0 Å². The summed E-state index contributed by atoms with van der Waals surface area (Å²) in [6.45, 7) is 0. The summed E-state index contributed by atoms with van der Waals surface area (Å²) >= 11 is 1.84. The number of hydrogen-bond acceptors (Lipinski definition) is 2. The fraction of sp³-hybridized carbons (Fsp3) is 0. The van der Waals surface area contributed by atoms with Crippen LogP contribution >= 0.6 is 11.3 Å². The first kappa shape index (κ1) is 28.9. The summed E-state index contributed by atoms with van der Waals surface area (Å²) in [7, 11) is 0. The first-order valence-corrected chi connectivity index (χ1v) is 18.9. The molecule has 0 fully saturated rings. The summed E-state index contributed by atoms with van der Waals surface area (Å²) in [5.74, 6) is 0. The molecule has 4 aromatic heterocycles. The lowest BCUT2D eigenvalue weighted by Gasteiger charge is -2.13. The summed E-state index contributed by atoms with van der Waals surface area (Å²) < 4.78 is 7.36. The van der Waals surface area contributed by atoms with Crippen LogP contribution in [0.3, 0.4) is 0 Å². The summed E-state index contributed by atoms with van der Waals surface area (Å²) in [6.07, 6.45) is 0. The predicted octanol–water partition coefficient (Wildman–Crippen LogP) is 13.6. The van der Waals surface area contributed by atoms with E-state index in [-0.39, 0.29) is 0 Å². The van der Waals surface area contributed by atoms with Crippen molar-refractivity contribution in [3.63, 3.8) is 0 Å². The molecule has 12 rings (SSSR count). The van der Waals surface area contributed by atoms with Crippen LogP contribution in [-0.4, -0.2) is 14.1 Å². The molecule has 0 saturated heterocycles. The van der Waals surface area contributed by atoms with Gasteiger partial charge in [0, 0.05) is 42.7 Å². The Kier molecular flexibility index (Phi) is 5.93. The standard InChI is InChI=1S/C49H29N3S/c1-2-13-33(14-3-1)51-43-26-24-32(29-39(43)46-34-15-5-4-12-30(34)22-27-44(46)51)31-23-25-42-38(28-31)35-16-7-10-20-41(35)52(42)48-36-17-6-9-19-40(36)50-47-37-18-8-11-21-45(37)53-49(47)48/h1-29H. The molecule has 0 amide bonds. The van der Waals surface area contributed by atoms with E-state index in [4.69, 9.17) is 4.98 Å². The van der Waals surface area contributed by atoms with E-state index in [1.165, 1.54) is 91.7 Å². The topological polar surface area (TPSA) is 22.8 Å². The van der Waals surface area contributed by atoms with E-state index in [1.54, 1.807) is 0 Å². The third-order valence-electron chi connectivity index (χ3n) is 11.1. The van der Waals surface area contributed by atoms with Gasteiger partial charge in [-0.25, -0.2) is 4.98 Å². The third-order valence-corrected chi connectivity index (χ3v) is 12.2. The molecule has 0 saturated carbocycles. The van der Waals surface area contributed by atoms with Crippen LogP contribution in [-0.2, 0) is 0 Å². The monoisotopic (exact) mass is 691 g/mol. The van der Waals surface area contributed by atoms with Gasteiger partial charge in [-0.1, -0.05) is 115 Å². The minimum atomic E-state index is 1.01. The Balaban J connectivity index is 1.14. The Morgan fingerprint density at radius 2 is 1.04 bits per heavy atom. The largest absolute Gasteiger partial charge is 0.309 e. The van der Waals surface area contributed by atoms with E-state index >= 15 is 0 Å². The van der Waals surface area contributed by atoms with E-state index in [1.807, 2.05) is 11.3 Å². The molecular formula is C49H29N3S. The zero-order valence-corrected chi connectivity index (χ0v) is 29.3. The van der Waals surface area contributed by atoms with Crippen molar-refractivity contribution < 1.29 is 0 Å². The van der Waals surface area contributed by atoms with Crippen LogP contribution in [0.4, 0.5) is 0 Å². The first-order valence-electron chi connectivity index (χ1n) is 18.1. The lowest BCUT2D eigenvalue weighted by atomic mass is 9.99. The van der Waals surface area contributed by atoms with Gasteiger partial charge in [-0.2, -0.15) is 0 Å². The maximum Gasteiger partial charge on any atom is 0.0917 e. The highest BCUT2D eigenvalue weighted by Gasteiger charge is 2.21. The second-order valence-corrected chi connectivity index (χ2v) is 15.0. The van der Waals surface area contributed by atoms with Crippen molar-refractivity contribution in [2.24, 2.45) is 0 Å². The summed E-state index contributed by atoms with van der Waals surface area (Å²) in [6, 6.07) is 64.1. The number of fused-ring (bicyclic) bond motifs is 12. The zero-order chi connectivity index (χ0) is 34.6. The normalized spacial score (nSPS) is 12.2. The summed E-state index contributed by atoms with van der Waals surface area (Å²) in [5.41, 5.74) is 11.7. The van der Waals surface area contributed by atoms with E-state index in [0.29, 0.717) is 0 Å². The molecule has 8 aromatic carbocycles.